The van der Waals surface area contributed by atoms with Crippen LogP contribution in [-0.2, 0) is 21.2 Å². The summed E-state index contributed by atoms with van der Waals surface area (Å²) < 4.78 is 23.9. The maximum absolute atomic E-state index is 12.2. The highest BCUT2D eigenvalue weighted by atomic mass is 32.2. The van der Waals surface area contributed by atoms with Crippen molar-refractivity contribution in [1.82, 2.24) is 5.32 Å². The summed E-state index contributed by atoms with van der Waals surface area (Å²) in [7, 11) is -3.29. The number of hydrogen-bond donors (Lipinski definition) is 2. The summed E-state index contributed by atoms with van der Waals surface area (Å²) >= 11 is 0. The lowest BCUT2D eigenvalue weighted by Crippen LogP contribution is -2.39. The van der Waals surface area contributed by atoms with Crippen molar-refractivity contribution >= 4 is 21.4 Å². The molecule has 21 heavy (non-hydrogen) atoms. The van der Waals surface area contributed by atoms with E-state index >= 15 is 0 Å². The monoisotopic (exact) mass is 310 g/mol. The largest absolute Gasteiger partial charge is 0.325 e. The van der Waals surface area contributed by atoms with E-state index in [2.05, 4.69) is 10.6 Å². The molecule has 116 valence electrons. The zero-order valence-electron chi connectivity index (χ0n) is 12.3. The summed E-state index contributed by atoms with van der Waals surface area (Å²) in [5.74, 6) is -0.291. The maximum Gasteiger partial charge on any atom is 0.242 e. The summed E-state index contributed by atoms with van der Waals surface area (Å²) in [6, 6.07) is 7.48. The van der Waals surface area contributed by atoms with Gasteiger partial charge in [-0.15, -0.1) is 0 Å². The Morgan fingerprint density at radius 3 is 2.86 bits per heavy atom. The van der Waals surface area contributed by atoms with Gasteiger partial charge in [-0.3, -0.25) is 4.79 Å². The van der Waals surface area contributed by atoms with Crippen LogP contribution >= 0.6 is 0 Å². The zero-order chi connectivity index (χ0) is 15.3. The Labute approximate surface area is 126 Å². The maximum atomic E-state index is 12.2. The van der Waals surface area contributed by atoms with Gasteiger partial charge in [-0.2, -0.15) is 0 Å². The SMILES string of the molecule is CCNCc1cccc(NC(=O)C2CCCCS2(=O)=O)c1. The standard InChI is InChI=1S/C15H22N2O3S/c1-2-16-11-12-6-5-7-13(10-12)17-15(18)14-8-3-4-9-21(14,19)20/h5-7,10,14,16H,2-4,8-9,11H2,1H3,(H,17,18). The first-order valence-electron chi connectivity index (χ1n) is 7.35. The molecule has 5 nitrogen and oxygen atoms in total. The van der Waals surface area contributed by atoms with Crippen LogP contribution in [0.1, 0.15) is 31.7 Å². The van der Waals surface area contributed by atoms with E-state index in [0.29, 0.717) is 18.5 Å². The molecule has 1 amide bonds. The van der Waals surface area contributed by atoms with Gasteiger partial charge in [0, 0.05) is 12.2 Å². The summed E-state index contributed by atoms with van der Waals surface area (Å²) in [4.78, 5) is 12.2. The number of carbonyl (C=O) groups is 1. The van der Waals surface area contributed by atoms with Gasteiger partial charge in [0.15, 0.2) is 9.84 Å². The third-order valence-corrected chi connectivity index (χ3v) is 5.82. The highest BCUT2D eigenvalue weighted by molar-refractivity contribution is 7.92. The van der Waals surface area contributed by atoms with Crippen molar-refractivity contribution in [2.75, 3.05) is 17.6 Å². The molecular formula is C15H22N2O3S. The van der Waals surface area contributed by atoms with Crippen LogP contribution in [0.25, 0.3) is 0 Å². The molecule has 1 aromatic rings. The fourth-order valence-corrected chi connectivity index (χ4v) is 4.30. The first-order chi connectivity index (χ1) is 10.0. The van der Waals surface area contributed by atoms with Crippen molar-refractivity contribution < 1.29 is 13.2 Å². The third-order valence-electron chi connectivity index (χ3n) is 3.64. The van der Waals surface area contributed by atoms with E-state index in [0.717, 1.165) is 25.1 Å². The molecule has 0 aliphatic carbocycles. The van der Waals surface area contributed by atoms with Gasteiger partial charge >= 0.3 is 0 Å². The molecule has 1 aromatic carbocycles. The highest BCUT2D eigenvalue weighted by Gasteiger charge is 2.34. The van der Waals surface area contributed by atoms with E-state index in [1.165, 1.54) is 0 Å². The van der Waals surface area contributed by atoms with E-state index in [1.807, 2.05) is 25.1 Å². The first kappa shape index (κ1) is 16.0. The summed E-state index contributed by atoms with van der Waals surface area (Å²) in [6.45, 7) is 3.62. The molecule has 2 N–H and O–H groups in total. The number of anilines is 1. The van der Waals surface area contributed by atoms with Crippen LogP contribution in [-0.4, -0.2) is 31.9 Å². The van der Waals surface area contributed by atoms with Crippen LogP contribution in [0.2, 0.25) is 0 Å². The number of hydrogen-bond acceptors (Lipinski definition) is 4. The van der Waals surface area contributed by atoms with Crippen LogP contribution in [0, 0.1) is 0 Å². The molecule has 1 fully saturated rings. The van der Waals surface area contributed by atoms with Crippen LogP contribution in [0.4, 0.5) is 5.69 Å². The van der Waals surface area contributed by atoms with Crippen molar-refractivity contribution in [1.29, 1.82) is 0 Å². The van der Waals surface area contributed by atoms with Gasteiger partial charge < -0.3 is 10.6 Å². The van der Waals surface area contributed by atoms with Gasteiger partial charge in [0.25, 0.3) is 0 Å². The Bertz CT molecular complexity index is 599. The van der Waals surface area contributed by atoms with E-state index in [4.69, 9.17) is 0 Å². The summed E-state index contributed by atoms with van der Waals surface area (Å²) in [6.07, 6.45) is 1.87. The number of benzene rings is 1. The minimum atomic E-state index is -3.29. The average molecular weight is 310 g/mol. The smallest absolute Gasteiger partial charge is 0.242 e. The molecule has 0 spiro atoms. The van der Waals surface area contributed by atoms with Crippen LogP contribution in [0.5, 0.6) is 0 Å². The number of amides is 1. The highest BCUT2D eigenvalue weighted by Crippen LogP contribution is 2.21. The number of rotatable bonds is 5. The molecule has 1 heterocycles. The van der Waals surface area contributed by atoms with E-state index in [-0.39, 0.29) is 5.75 Å². The lowest BCUT2D eigenvalue weighted by Gasteiger charge is -2.21. The molecule has 6 heteroatoms. The second-order valence-corrected chi connectivity index (χ2v) is 7.62. The number of carbonyl (C=O) groups excluding carboxylic acids is 1. The fourth-order valence-electron chi connectivity index (χ4n) is 2.50. The molecular weight excluding hydrogens is 288 g/mol. The lowest BCUT2D eigenvalue weighted by atomic mass is 10.1. The van der Waals surface area contributed by atoms with Gasteiger partial charge in [-0.05, 0) is 37.1 Å². The molecule has 1 aliphatic rings. The summed E-state index contributed by atoms with van der Waals surface area (Å²) in [5.41, 5.74) is 1.71. The quantitative estimate of drug-likeness (QED) is 0.868. The van der Waals surface area contributed by atoms with E-state index in [9.17, 15) is 13.2 Å². The predicted molar refractivity (Wildman–Crippen MR) is 83.9 cm³/mol. The molecule has 1 unspecified atom stereocenters. The van der Waals surface area contributed by atoms with Crippen LogP contribution < -0.4 is 10.6 Å². The molecule has 1 saturated heterocycles. The molecule has 0 radical (unpaired) electrons. The van der Waals surface area contributed by atoms with Gasteiger partial charge in [0.05, 0.1) is 5.75 Å². The van der Waals surface area contributed by atoms with Gasteiger partial charge in [-0.1, -0.05) is 25.5 Å². The fraction of sp³-hybridized carbons (Fsp3) is 0.533. The minimum absolute atomic E-state index is 0.117. The second kappa shape index (κ2) is 7.04. The van der Waals surface area contributed by atoms with E-state index < -0.39 is 21.0 Å². The van der Waals surface area contributed by atoms with Crippen molar-refractivity contribution in [3.8, 4) is 0 Å². The van der Waals surface area contributed by atoms with Crippen LogP contribution in [0.15, 0.2) is 24.3 Å². The van der Waals surface area contributed by atoms with E-state index in [1.54, 1.807) is 6.07 Å². The Kier molecular flexibility index (Phi) is 5.36. The Hall–Kier alpha value is -1.40. The number of nitrogens with one attached hydrogen (secondary N) is 2. The predicted octanol–water partition coefficient (Wildman–Crippen LogP) is 1.70. The Morgan fingerprint density at radius 2 is 2.14 bits per heavy atom. The first-order valence-corrected chi connectivity index (χ1v) is 9.06. The van der Waals surface area contributed by atoms with Gasteiger partial charge in [-0.25, -0.2) is 8.42 Å². The lowest BCUT2D eigenvalue weighted by molar-refractivity contribution is -0.116. The number of sulfone groups is 1. The third kappa shape index (κ3) is 4.28. The summed E-state index contributed by atoms with van der Waals surface area (Å²) in [5, 5.41) is 5.05. The minimum Gasteiger partial charge on any atom is -0.325 e. The Balaban J connectivity index is 2.05. The molecule has 1 aliphatic heterocycles. The van der Waals surface area contributed by atoms with Crippen molar-refractivity contribution in [2.24, 2.45) is 0 Å². The Morgan fingerprint density at radius 1 is 1.33 bits per heavy atom. The van der Waals surface area contributed by atoms with Crippen molar-refractivity contribution in [3.63, 3.8) is 0 Å². The molecule has 1 atom stereocenters. The molecule has 0 saturated carbocycles. The van der Waals surface area contributed by atoms with Crippen LogP contribution in [0.3, 0.4) is 0 Å². The van der Waals surface area contributed by atoms with Gasteiger partial charge in [0.2, 0.25) is 5.91 Å². The van der Waals surface area contributed by atoms with Gasteiger partial charge in [0.1, 0.15) is 5.25 Å². The van der Waals surface area contributed by atoms with Crippen molar-refractivity contribution in [2.45, 2.75) is 38.0 Å². The molecule has 0 aromatic heterocycles. The molecule has 0 bridgehead atoms. The average Bonchev–Trinajstić information content (AvgIpc) is 2.45. The second-order valence-electron chi connectivity index (χ2n) is 5.32. The normalized spacial score (nSPS) is 20.9. The van der Waals surface area contributed by atoms with Crippen molar-refractivity contribution in [3.05, 3.63) is 29.8 Å². The topological polar surface area (TPSA) is 75.3 Å². The zero-order valence-corrected chi connectivity index (χ0v) is 13.1. The molecule has 2 rings (SSSR count).